The number of hydrazine groups is 1. The summed E-state index contributed by atoms with van der Waals surface area (Å²) >= 11 is 4.73. The van der Waals surface area contributed by atoms with Crippen molar-refractivity contribution in [2.45, 2.75) is 0 Å². The van der Waals surface area contributed by atoms with E-state index in [0.29, 0.717) is 5.11 Å². The van der Waals surface area contributed by atoms with Crippen molar-refractivity contribution in [3.05, 3.63) is 0 Å². The minimum Gasteiger partial charge on any atom is -0.468 e. The molecule has 64 valence electrons. The van der Waals surface area contributed by atoms with Crippen LogP contribution in [0.3, 0.4) is 0 Å². The van der Waals surface area contributed by atoms with Crippen molar-refractivity contribution in [2.24, 2.45) is 5.84 Å². The van der Waals surface area contributed by atoms with Crippen LogP contribution in [0.25, 0.3) is 0 Å². The van der Waals surface area contributed by atoms with Gasteiger partial charge in [-0.05, 0) is 12.2 Å². The lowest BCUT2D eigenvalue weighted by Gasteiger charge is -2.13. The Morgan fingerprint density at radius 3 is 2.73 bits per heavy atom. The predicted molar refractivity (Wildman–Crippen MR) is 44.6 cm³/mol. The molecule has 0 fully saturated rings. The van der Waals surface area contributed by atoms with Crippen LogP contribution < -0.4 is 11.2 Å². The van der Waals surface area contributed by atoms with E-state index in [1.165, 1.54) is 12.1 Å². The van der Waals surface area contributed by atoms with Gasteiger partial charge in [0, 0.05) is 7.05 Å². The molecule has 0 radical (unpaired) electrons. The Morgan fingerprint density at radius 2 is 2.36 bits per heavy atom. The van der Waals surface area contributed by atoms with Gasteiger partial charge in [-0.2, -0.15) is 0 Å². The van der Waals surface area contributed by atoms with Crippen molar-refractivity contribution in [3.8, 4) is 0 Å². The molecule has 11 heavy (non-hydrogen) atoms. The second-order valence-corrected chi connectivity index (χ2v) is 2.23. The molecule has 0 atom stereocenters. The molecule has 3 N–H and O–H groups in total. The van der Waals surface area contributed by atoms with Gasteiger partial charge in [0.25, 0.3) is 0 Å². The predicted octanol–water partition coefficient (Wildman–Crippen LogP) is -1.16. The third-order valence-corrected chi connectivity index (χ3v) is 1.36. The fraction of sp³-hybridized carbons (Fsp3) is 0.600. The highest BCUT2D eigenvalue weighted by Crippen LogP contribution is 1.75. The van der Waals surface area contributed by atoms with E-state index in [1.54, 1.807) is 7.05 Å². The van der Waals surface area contributed by atoms with Crippen LogP contribution in [-0.4, -0.2) is 36.8 Å². The number of nitrogens with two attached hydrogens (primary N) is 1. The third-order valence-electron chi connectivity index (χ3n) is 0.932. The smallest absolute Gasteiger partial charge is 0.325 e. The zero-order chi connectivity index (χ0) is 8.85. The van der Waals surface area contributed by atoms with Crippen molar-refractivity contribution < 1.29 is 9.53 Å². The van der Waals surface area contributed by atoms with Crippen LogP contribution in [0.1, 0.15) is 0 Å². The van der Waals surface area contributed by atoms with E-state index >= 15 is 0 Å². The summed E-state index contributed by atoms with van der Waals surface area (Å²) in [6.45, 7) is 0.0386. The zero-order valence-corrected chi connectivity index (χ0v) is 7.27. The Bertz CT molecular complexity index is 160. The van der Waals surface area contributed by atoms with E-state index in [1.807, 2.05) is 0 Å². The van der Waals surface area contributed by atoms with Crippen LogP contribution in [0.4, 0.5) is 0 Å². The second kappa shape index (κ2) is 4.86. The molecule has 0 aromatic carbocycles. The molecule has 0 aliphatic rings. The quantitative estimate of drug-likeness (QED) is 0.240. The number of carbonyl (C=O) groups is 1. The van der Waals surface area contributed by atoms with Crippen LogP contribution in [0.15, 0.2) is 0 Å². The van der Waals surface area contributed by atoms with E-state index in [0.717, 1.165) is 0 Å². The Kier molecular flexibility index (Phi) is 4.47. The van der Waals surface area contributed by atoms with Crippen molar-refractivity contribution >= 4 is 23.3 Å². The largest absolute Gasteiger partial charge is 0.468 e. The average Bonchev–Trinajstić information content (AvgIpc) is 1.99. The van der Waals surface area contributed by atoms with Gasteiger partial charge in [0.1, 0.15) is 6.54 Å². The summed E-state index contributed by atoms with van der Waals surface area (Å²) in [7, 11) is 2.88. The number of carbonyl (C=O) groups excluding carboxylic acids is 1. The molecule has 0 bridgehead atoms. The number of ether oxygens (including phenoxy) is 1. The molecule has 0 saturated heterocycles. The first-order valence-electron chi connectivity index (χ1n) is 2.91. The molecule has 0 heterocycles. The third kappa shape index (κ3) is 4.51. The summed E-state index contributed by atoms with van der Waals surface area (Å²) in [5, 5.41) is 4.10. The molecule has 6 heteroatoms. The fourth-order valence-electron chi connectivity index (χ4n) is 0.345. The van der Waals surface area contributed by atoms with Crippen molar-refractivity contribution in [1.29, 1.82) is 0 Å². The highest BCUT2D eigenvalue weighted by atomic mass is 32.1. The monoisotopic (exact) mass is 177 g/mol. The number of nitrogens with zero attached hydrogens (tertiary/aromatic N) is 1. The van der Waals surface area contributed by atoms with Gasteiger partial charge in [-0.1, -0.05) is 0 Å². The molecular formula is C5H11N3O2S. The topological polar surface area (TPSA) is 67.6 Å². The molecule has 5 nitrogen and oxygen atoms in total. The maximum atomic E-state index is 10.5. The molecule has 0 rings (SSSR count). The number of rotatable bonds is 2. The SMILES string of the molecule is COC(=O)CNC(=S)N(C)N. The van der Waals surface area contributed by atoms with Crippen LogP contribution in [0, 0.1) is 0 Å². The van der Waals surface area contributed by atoms with Crippen LogP contribution in [-0.2, 0) is 9.53 Å². The summed E-state index contributed by atoms with van der Waals surface area (Å²) in [4.78, 5) is 10.5. The molecule has 0 amide bonds. The normalized spacial score (nSPS) is 8.64. The summed E-state index contributed by atoms with van der Waals surface area (Å²) in [5.74, 6) is 4.86. The maximum absolute atomic E-state index is 10.5. The zero-order valence-electron chi connectivity index (χ0n) is 6.46. The minimum absolute atomic E-state index is 0.0386. The Morgan fingerprint density at radius 1 is 1.82 bits per heavy atom. The first-order valence-corrected chi connectivity index (χ1v) is 3.31. The molecule has 0 spiro atoms. The van der Waals surface area contributed by atoms with Gasteiger partial charge in [0.15, 0.2) is 5.11 Å². The molecule has 0 saturated carbocycles. The highest BCUT2D eigenvalue weighted by molar-refractivity contribution is 7.80. The Balaban J connectivity index is 3.54. The fourth-order valence-corrected chi connectivity index (χ4v) is 0.417. The Labute approximate surface area is 70.5 Å². The van der Waals surface area contributed by atoms with Gasteiger partial charge >= 0.3 is 5.97 Å². The van der Waals surface area contributed by atoms with Crippen molar-refractivity contribution in [2.75, 3.05) is 20.7 Å². The van der Waals surface area contributed by atoms with Gasteiger partial charge in [0.05, 0.1) is 7.11 Å². The summed E-state index contributed by atoms with van der Waals surface area (Å²) in [6.07, 6.45) is 0. The molecular weight excluding hydrogens is 166 g/mol. The van der Waals surface area contributed by atoms with Crippen molar-refractivity contribution in [3.63, 3.8) is 0 Å². The highest BCUT2D eigenvalue weighted by Gasteiger charge is 2.02. The standard InChI is InChI=1S/C5H11N3O2S/c1-8(6)5(11)7-3-4(9)10-2/h3,6H2,1-2H3,(H,7,11). The molecule has 0 aromatic heterocycles. The number of nitrogens with one attached hydrogen (secondary N) is 1. The van der Waals surface area contributed by atoms with Gasteiger partial charge in [-0.25, -0.2) is 5.84 Å². The number of hydrogen-bond acceptors (Lipinski definition) is 4. The van der Waals surface area contributed by atoms with Crippen molar-refractivity contribution in [1.82, 2.24) is 10.3 Å². The second-order valence-electron chi connectivity index (χ2n) is 1.85. The van der Waals surface area contributed by atoms with E-state index in [4.69, 9.17) is 18.1 Å². The van der Waals surface area contributed by atoms with E-state index in [2.05, 4.69) is 10.1 Å². The molecule has 0 aliphatic heterocycles. The van der Waals surface area contributed by atoms with E-state index in [9.17, 15) is 4.79 Å². The molecule has 0 aliphatic carbocycles. The van der Waals surface area contributed by atoms with Gasteiger partial charge in [-0.15, -0.1) is 0 Å². The summed E-state index contributed by atoms with van der Waals surface area (Å²) in [6, 6.07) is 0. The lowest BCUT2D eigenvalue weighted by atomic mass is 10.6. The van der Waals surface area contributed by atoms with Crippen LogP contribution in [0.2, 0.25) is 0 Å². The van der Waals surface area contributed by atoms with Gasteiger partial charge < -0.3 is 10.1 Å². The van der Waals surface area contributed by atoms with Gasteiger partial charge in [0.2, 0.25) is 0 Å². The minimum atomic E-state index is -0.380. The first-order chi connectivity index (χ1) is 5.07. The summed E-state index contributed by atoms with van der Waals surface area (Å²) < 4.78 is 4.36. The number of hydrogen-bond donors (Lipinski definition) is 2. The van der Waals surface area contributed by atoms with E-state index < -0.39 is 0 Å². The number of esters is 1. The molecule has 0 aromatic rings. The lowest BCUT2D eigenvalue weighted by Crippen LogP contribution is -2.43. The summed E-state index contributed by atoms with van der Waals surface area (Å²) in [5.41, 5.74) is 0. The van der Waals surface area contributed by atoms with Crippen LogP contribution >= 0.6 is 12.2 Å². The van der Waals surface area contributed by atoms with E-state index in [-0.39, 0.29) is 12.5 Å². The molecule has 0 unspecified atom stereocenters. The first kappa shape index (κ1) is 10.1. The number of methoxy groups -OCH3 is 1. The lowest BCUT2D eigenvalue weighted by molar-refractivity contribution is -0.139. The van der Waals surface area contributed by atoms with Gasteiger partial charge in [-0.3, -0.25) is 9.80 Å². The maximum Gasteiger partial charge on any atom is 0.325 e. The Hall–Kier alpha value is -0.880. The van der Waals surface area contributed by atoms with Crippen LogP contribution in [0.5, 0.6) is 0 Å². The average molecular weight is 177 g/mol. The number of thiocarbonyl (C=S) groups is 1.